The Hall–Kier alpha value is -0.840. The molecule has 0 bridgehead atoms. The average Bonchev–Trinajstić information content (AvgIpc) is 3.20. The number of aryl methyl sites for hydroxylation is 1. The molecule has 2 heterocycles. The number of aliphatic hydroxyl groups is 1. The van der Waals surface area contributed by atoms with Gasteiger partial charge in [0.2, 0.25) is 0 Å². The number of nitrogens with zero attached hydrogens (tertiary/aromatic N) is 3. The van der Waals surface area contributed by atoms with Crippen LogP contribution in [0, 0.1) is 0 Å². The minimum atomic E-state index is -0.631. The molecule has 0 saturated carbocycles. The number of rotatable bonds is 8. The molecule has 6 nitrogen and oxygen atoms in total. The van der Waals surface area contributed by atoms with E-state index in [0.717, 1.165) is 30.9 Å². The summed E-state index contributed by atoms with van der Waals surface area (Å²) in [5, 5.41) is 16.6. The maximum absolute atomic E-state index is 10.1. The van der Waals surface area contributed by atoms with Crippen LogP contribution in [-0.4, -0.2) is 40.3 Å². The van der Waals surface area contributed by atoms with Gasteiger partial charge in [-0.2, -0.15) is 0 Å². The van der Waals surface area contributed by atoms with E-state index in [1.165, 1.54) is 11.3 Å². The van der Waals surface area contributed by atoms with Gasteiger partial charge in [0.1, 0.15) is 6.10 Å². The molecule has 0 aliphatic heterocycles. The maximum atomic E-state index is 10.1. The van der Waals surface area contributed by atoms with Gasteiger partial charge in [0.15, 0.2) is 5.96 Å². The number of aromatic nitrogens is 2. The minimum absolute atomic E-state index is 0. The van der Waals surface area contributed by atoms with Crippen LogP contribution in [0.2, 0.25) is 4.34 Å². The van der Waals surface area contributed by atoms with E-state index in [2.05, 4.69) is 20.6 Å². The summed E-state index contributed by atoms with van der Waals surface area (Å²) in [7, 11) is 0. The Morgan fingerprint density at radius 3 is 2.92 bits per heavy atom. The summed E-state index contributed by atoms with van der Waals surface area (Å²) in [4.78, 5) is 9.27. The molecule has 9 heteroatoms. The van der Waals surface area contributed by atoms with Gasteiger partial charge in [-0.1, -0.05) is 11.6 Å². The number of aliphatic hydroxyl groups excluding tert-OH is 1. The third kappa shape index (κ3) is 7.37. The molecule has 3 N–H and O–H groups in total. The van der Waals surface area contributed by atoms with Crippen molar-refractivity contribution in [3.8, 4) is 0 Å². The van der Waals surface area contributed by atoms with E-state index in [9.17, 15) is 5.11 Å². The fraction of sp³-hybridized carbons (Fsp3) is 0.467. The molecule has 2 rings (SSSR count). The predicted octanol–water partition coefficient (Wildman–Crippen LogP) is 2.89. The lowest BCUT2D eigenvalue weighted by Crippen LogP contribution is -2.38. The highest BCUT2D eigenvalue weighted by Crippen LogP contribution is 2.26. The van der Waals surface area contributed by atoms with E-state index >= 15 is 0 Å². The van der Waals surface area contributed by atoms with E-state index in [4.69, 9.17) is 11.6 Å². The molecule has 2 aromatic rings. The Morgan fingerprint density at radius 2 is 2.29 bits per heavy atom. The first kappa shape index (κ1) is 21.2. The lowest BCUT2D eigenvalue weighted by atomic mass is 10.3. The Balaban J connectivity index is 0.00000288. The van der Waals surface area contributed by atoms with Crippen LogP contribution in [0.4, 0.5) is 0 Å². The normalized spacial score (nSPS) is 12.5. The van der Waals surface area contributed by atoms with Crippen LogP contribution >= 0.6 is 46.9 Å². The maximum Gasteiger partial charge on any atom is 0.191 e. The van der Waals surface area contributed by atoms with Crippen molar-refractivity contribution < 1.29 is 5.11 Å². The standard InChI is InChI=1S/C15H22ClN5OS.HI/c1-2-18-15(19-6-3-8-21-9-7-17-11-21)20-10-12(22)13-4-5-14(16)23-13;/h4-5,7,9,11-12,22H,2-3,6,8,10H2,1H3,(H2,18,19,20);1H. The quantitative estimate of drug-likeness (QED) is 0.234. The van der Waals surface area contributed by atoms with E-state index in [1.807, 2.05) is 30.1 Å². The van der Waals surface area contributed by atoms with Crippen LogP contribution in [0.1, 0.15) is 24.3 Å². The summed E-state index contributed by atoms with van der Waals surface area (Å²) < 4.78 is 2.71. The second-order valence-corrected chi connectivity index (χ2v) is 6.70. The average molecular weight is 484 g/mol. The highest BCUT2D eigenvalue weighted by atomic mass is 127. The Bertz CT molecular complexity index is 605. The number of halogens is 2. The Morgan fingerprint density at radius 1 is 1.46 bits per heavy atom. The summed E-state index contributed by atoms with van der Waals surface area (Å²) in [6, 6.07) is 3.62. The number of aliphatic imine (C=N–C) groups is 1. The summed E-state index contributed by atoms with van der Waals surface area (Å²) in [5.74, 6) is 0.708. The number of hydrogen-bond acceptors (Lipinski definition) is 4. The molecule has 0 spiro atoms. The zero-order chi connectivity index (χ0) is 16.5. The topological polar surface area (TPSA) is 74.5 Å². The summed E-state index contributed by atoms with van der Waals surface area (Å²) in [5.41, 5.74) is 0. The van der Waals surface area contributed by atoms with Gasteiger partial charge in [-0.05, 0) is 25.5 Å². The molecule has 0 fully saturated rings. The molecule has 0 aliphatic carbocycles. The number of hydrogen-bond donors (Lipinski definition) is 3. The number of guanidine groups is 1. The second kappa shape index (κ2) is 11.7. The van der Waals surface area contributed by atoms with Gasteiger partial charge in [0, 0.05) is 36.9 Å². The molecule has 0 radical (unpaired) electrons. The van der Waals surface area contributed by atoms with Crippen molar-refractivity contribution in [3.63, 3.8) is 0 Å². The van der Waals surface area contributed by atoms with Gasteiger partial charge >= 0.3 is 0 Å². The van der Waals surface area contributed by atoms with Gasteiger partial charge < -0.3 is 20.3 Å². The van der Waals surface area contributed by atoms with Crippen molar-refractivity contribution in [1.82, 2.24) is 20.2 Å². The van der Waals surface area contributed by atoms with Crippen LogP contribution in [0.3, 0.4) is 0 Å². The first-order valence-corrected chi connectivity index (χ1v) is 8.79. The lowest BCUT2D eigenvalue weighted by Gasteiger charge is -2.12. The lowest BCUT2D eigenvalue weighted by molar-refractivity contribution is 0.191. The molecule has 1 atom stereocenters. The van der Waals surface area contributed by atoms with Crippen LogP contribution in [0.25, 0.3) is 0 Å². The summed E-state index contributed by atoms with van der Waals surface area (Å²) in [6.45, 7) is 4.79. The van der Waals surface area contributed by atoms with Gasteiger partial charge in [0.05, 0.1) is 17.2 Å². The van der Waals surface area contributed by atoms with Crippen molar-refractivity contribution in [2.24, 2.45) is 4.99 Å². The van der Waals surface area contributed by atoms with Crippen LogP contribution in [0.15, 0.2) is 35.8 Å². The van der Waals surface area contributed by atoms with Gasteiger partial charge in [-0.3, -0.25) is 4.99 Å². The summed E-state index contributed by atoms with van der Waals surface area (Å²) in [6.07, 6.45) is 5.86. The molecule has 0 amide bonds. The van der Waals surface area contributed by atoms with E-state index in [1.54, 1.807) is 12.3 Å². The molecule has 0 aromatic carbocycles. The molecule has 0 aliphatic rings. The molecule has 0 saturated heterocycles. The van der Waals surface area contributed by atoms with Crippen LogP contribution in [0.5, 0.6) is 0 Å². The van der Waals surface area contributed by atoms with Crippen LogP contribution < -0.4 is 10.6 Å². The van der Waals surface area contributed by atoms with Gasteiger partial charge in [-0.25, -0.2) is 4.98 Å². The molecule has 24 heavy (non-hydrogen) atoms. The highest BCUT2D eigenvalue weighted by Gasteiger charge is 2.10. The van der Waals surface area contributed by atoms with Crippen molar-refractivity contribution in [2.75, 3.05) is 19.6 Å². The molecular formula is C15H23ClIN5OS. The zero-order valence-electron chi connectivity index (χ0n) is 13.5. The molecule has 1 unspecified atom stereocenters. The highest BCUT2D eigenvalue weighted by molar-refractivity contribution is 14.0. The van der Waals surface area contributed by atoms with Crippen molar-refractivity contribution in [1.29, 1.82) is 0 Å². The smallest absolute Gasteiger partial charge is 0.191 e. The SMILES string of the molecule is CCNC(=NCC(O)c1ccc(Cl)s1)NCCCn1ccnc1.I. The van der Waals surface area contributed by atoms with E-state index < -0.39 is 6.10 Å². The largest absolute Gasteiger partial charge is 0.386 e. The number of imidazole rings is 1. The zero-order valence-corrected chi connectivity index (χ0v) is 17.4. The minimum Gasteiger partial charge on any atom is -0.386 e. The number of nitrogens with one attached hydrogen (secondary N) is 2. The van der Waals surface area contributed by atoms with Crippen molar-refractivity contribution in [2.45, 2.75) is 26.0 Å². The van der Waals surface area contributed by atoms with Crippen LogP contribution in [-0.2, 0) is 6.54 Å². The van der Waals surface area contributed by atoms with E-state index in [-0.39, 0.29) is 24.0 Å². The third-order valence-electron chi connectivity index (χ3n) is 3.13. The first-order chi connectivity index (χ1) is 11.2. The second-order valence-electron chi connectivity index (χ2n) is 4.96. The summed E-state index contributed by atoms with van der Waals surface area (Å²) >= 11 is 7.26. The number of thiophene rings is 1. The van der Waals surface area contributed by atoms with Crippen molar-refractivity contribution >= 4 is 52.9 Å². The van der Waals surface area contributed by atoms with Gasteiger partial charge in [-0.15, -0.1) is 35.3 Å². The molecule has 2 aromatic heterocycles. The van der Waals surface area contributed by atoms with E-state index in [0.29, 0.717) is 16.8 Å². The monoisotopic (exact) mass is 483 g/mol. The Labute approximate surface area is 168 Å². The predicted molar refractivity (Wildman–Crippen MR) is 111 cm³/mol. The molecular weight excluding hydrogens is 461 g/mol. The third-order valence-corrected chi connectivity index (χ3v) is 4.47. The fourth-order valence-corrected chi connectivity index (χ4v) is 3.04. The first-order valence-electron chi connectivity index (χ1n) is 7.60. The van der Waals surface area contributed by atoms with Gasteiger partial charge in [0.25, 0.3) is 0 Å². The fourth-order valence-electron chi connectivity index (χ4n) is 2.00. The Kier molecular flexibility index (Phi) is 10.3. The molecule has 134 valence electrons. The van der Waals surface area contributed by atoms with Crippen molar-refractivity contribution in [3.05, 3.63) is 40.1 Å².